The van der Waals surface area contributed by atoms with E-state index in [2.05, 4.69) is 23.4 Å². The summed E-state index contributed by atoms with van der Waals surface area (Å²) >= 11 is 1.52. The van der Waals surface area contributed by atoms with Gasteiger partial charge in [-0.15, -0.1) is 11.3 Å². The number of hydrogen-bond donors (Lipinski definition) is 1. The molecule has 1 aliphatic rings. The van der Waals surface area contributed by atoms with Gasteiger partial charge >= 0.3 is 6.09 Å². The van der Waals surface area contributed by atoms with E-state index in [1.807, 2.05) is 50.5 Å². The third-order valence-electron chi connectivity index (χ3n) is 6.48. The summed E-state index contributed by atoms with van der Waals surface area (Å²) in [6.45, 7) is 4.32. The fraction of sp³-hybridized carbons (Fsp3) is 0.407. The number of amides is 1. The number of ketones is 1. The normalized spacial score (nSPS) is 15.7. The highest BCUT2D eigenvalue weighted by atomic mass is 32.1. The molecule has 0 radical (unpaired) electrons. The zero-order valence-electron chi connectivity index (χ0n) is 20.3. The minimum absolute atomic E-state index is 0.134. The zero-order chi connectivity index (χ0) is 24.9. The van der Waals surface area contributed by atoms with Gasteiger partial charge in [-0.1, -0.05) is 37.3 Å². The highest BCUT2D eigenvalue weighted by Gasteiger charge is 2.28. The molecule has 8 heteroatoms. The topological polar surface area (TPSA) is 97.0 Å². The molecule has 2 heterocycles. The molecule has 2 atom stereocenters. The van der Waals surface area contributed by atoms with Crippen molar-refractivity contribution >= 4 is 23.2 Å². The second kappa shape index (κ2) is 10.9. The van der Waals surface area contributed by atoms with Crippen molar-refractivity contribution in [2.45, 2.75) is 64.5 Å². The van der Waals surface area contributed by atoms with Crippen LogP contribution in [0.25, 0.3) is 0 Å². The number of aromatic nitrogens is 2. The number of carbonyl (C=O) groups is 2. The molecule has 1 aromatic carbocycles. The van der Waals surface area contributed by atoms with Gasteiger partial charge in [-0.2, -0.15) is 10.4 Å². The SMILES string of the molecule is Cc1nn(C)cc1CNC(=O)OC1CCc2c(sc(CC(=O)CC(C)c3ccccc3)c2C#N)C1. The summed E-state index contributed by atoms with van der Waals surface area (Å²) in [5, 5.41) is 16.9. The number of Topliss-reactive ketones (excluding diaryl/α,β-unsaturated/α-hetero) is 1. The molecule has 1 amide bonds. The first-order valence-corrected chi connectivity index (χ1v) is 12.7. The summed E-state index contributed by atoms with van der Waals surface area (Å²) in [6, 6.07) is 12.3. The van der Waals surface area contributed by atoms with Gasteiger partial charge in [-0.3, -0.25) is 9.48 Å². The van der Waals surface area contributed by atoms with E-state index in [0.29, 0.717) is 37.8 Å². The van der Waals surface area contributed by atoms with E-state index in [1.54, 1.807) is 4.68 Å². The van der Waals surface area contributed by atoms with Crippen molar-refractivity contribution in [2.75, 3.05) is 0 Å². The average molecular weight is 491 g/mol. The third-order valence-corrected chi connectivity index (χ3v) is 7.73. The fourth-order valence-corrected chi connectivity index (χ4v) is 6.04. The van der Waals surface area contributed by atoms with Crippen LogP contribution in [-0.2, 0) is 42.4 Å². The molecule has 4 rings (SSSR count). The smallest absolute Gasteiger partial charge is 0.407 e. The second-order valence-electron chi connectivity index (χ2n) is 9.18. The number of ether oxygens (including phenoxy) is 1. The zero-order valence-corrected chi connectivity index (χ0v) is 21.2. The first-order valence-electron chi connectivity index (χ1n) is 11.9. The van der Waals surface area contributed by atoms with Crippen LogP contribution in [-0.4, -0.2) is 27.8 Å². The molecule has 2 unspecified atom stereocenters. The molecule has 35 heavy (non-hydrogen) atoms. The van der Waals surface area contributed by atoms with E-state index in [-0.39, 0.29) is 24.2 Å². The molecule has 0 fully saturated rings. The predicted octanol–water partition coefficient (Wildman–Crippen LogP) is 4.75. The van der Waals surface area contributed by atoms with Crippen LogP contribution < -0.4 is 5.32 Å². The van der Waals surface area contributed by atoms with Crippen LogP contribution in [0.3, 0.4) is 0 Å². The average Bonchev–Trinajstić information content (AvgIpc) is 3.34. The third kappa shape index (κ3) is 5.98. The first kappa shape index (κ1) is 24.7. The molecule has 0 saturated heterocycles. The predicted molar refractivity (Wildman–Crippen MR) is 134 cm³/mol. The van der Waals surface area contributed by atoms with Crippen molar-refractivity contribution in [2.24, 2.45) is 7.05 Å². The molecular formula is C27H30N4O3S. The Labute approximate surface area is 209 Å². The van der Waals surface area contributed by atoms with Gasteiger partial charge in [-0.25, -0.2) is 4.79 Å². The Kier molecular flexibility index (Phi) is 7.67. The van der Waals surface area contributed by atoms with Crippen LogP contribution in [0.1, 0.15) is 63.4 Å². The van der Waals surface area contributed by atoms with Crippen molar-refractivity contribution in [3.05, 3.63) is 74.2 Å². The molecule has 3 aromatic rings. The summed E-state index contributed by atoms with van der Waals surface area (Å²) in [4.78, 5) is 27.1. The number of thiophene rings is 1. The van der Waals surface area contributed by atoms with E-state index >= 15 is 0 Å². The molecule has 1 aliphatic carbocycles. The number of alkyl carbamates (subject to hydrolysis) is 1. The Morgan fingerprint density at radius 1 is 1.34 bits per heavy atom. The Bertz CT molecular complexity index is 1260. The van der Waals surface area contributed by atoms with Crippen LogP contribution in [0, 0.1) is 18.3 Å². The molecule has 0 saturated carbocycles. The van der Waals surface area contributed by atoms with E-state index in [4.69, 9.17) is 4.74 Å². The number of nitrogens with zero attached hydrogens (tertiary/aromatic N) is 3. The van der Waals surface area contributed by atoms with Crippen LogP contribution >= 0.6 is 11.3 Å². The maximum atomic E-state index is 12.8. The monoisotopic (exact) mass is 490 g/mol. The lowest BCUT2D eigenvalue weighted by Crippen LogP contribution is -2.31. The molecule has 2 aromatic heterocycles. The largest absolute Gasteiger partial charge is 0.446 e. The summed E-state index contributed by atoms with van der Waals surface area (Å²) in [5.41, 5.74) is 4.62. The minimum atomic E-state index is -0.455. The first-order chi connectivity index (χ1) is 16.8. The Morgan fingerprint density at radius 2 is 2.11 bits per heavy atom. The number of carbonyl (C=O) groups excluding carboxylic acids is 2. The Balaban J connectivity index is 1.34. The molecule has 182 valence electrons. The minimum Gasteiger partial charge on any atom is -0.446 e. The second-order valence-corrected chi connectivity index (χ2v) is 10.4. The lowest BCUT2D eigenvalue weighted by atomic mass is 9.91. The van der Waals surface area contributed by atoms with Crippen molar-refractivity contribution in [1.29, 1.82) is 5.26 Å². The number of aryl methyl sites for hydroxylation is 2. The molecular weight excluding hydrogens is 460 g/mol. The molecule has 0 bridgehead atoms. The van der Waals surface area contributed by atoms with Crippen LogP contribution in [0.4, 0.5) is 4.79 Å². The van der Waals surface area contributed by atoms with Crippen LogP contribution in [0.2, 0.25) is 0 Å². The van der Waals surface area contributed by atoms with Gasteiger partial charge in [0.1, 0.15) is 18.0 Å². The summed E-state index contributed by atoms with van der Waals surface area (Å²) in [6.07, 6.45) is 3.80. The Hall–Kier alpha value is -3.44. The molecule has 0 spiro atoms. The molecule has 0 aliphatic heterocycles. The molecule has 7 nitrogen and oxygen atoms in total. The number of fused-ring (bicyclic) bond motifs is 1. The van der Waals surface area contributed by atoms with Crippen LogP contribution in [0.15, 0.2) is 36.5 Å². The number of hydrogen-bond acceptors (Lipinski definition) is 6. The van der Waals surface area contributed by atoms with Crippen LogP contribution in [0.5, 0.6) is 0 Å². The standard InChI is InChI=1S/C27H30N4O3S/c1-17(19-7-5-4-6-8-19)11-21(32)12-25-24(14-28)23-10-9-22(13-26(23)35-25)34-27(33)29-15-20-16-31(3)30-18(20)2/h4-8,16-17,22H,9-13,15H2,1-3H3,(H,29,33). The van der Waals surface area contributed by atoms with E-state index in [1.165, 1.54) is 11.3 Å². The number of benzene rings is 1. The van der Waals surface area contributed by atoms with E-state index in [9.17, 15) is 14.9 Å². The van der Waals surface area contributed by atoms with Crippen molar-refractivity contribution in [3.63, 3.8) is 0 Å². The highest BCUT2D eigenvalue weighted by molar-refractivity contribution is 7.12. The maximum Gasteiger partial charge on any atom is 0.407 e. The van der Waals surface area contributed by atoms with Gasteiger partial charge in [0.05, 0.1) is 11.3 Å². The van der Waals surface area contributed by atoms with Gasteiger partial charge in [0.25, 0.3) is 0 Å². The number of nitrogens with one attached hydrogen (secondary N) is 1. The van der Waals surface area contributed by atoms with Gasteiger partial charge < -0.3 is 10.1 Å². The van der Waals surface area contributed by atoms with E-state index in [0.717, 1.165) is 32.1 Å². The summed E-state index contributed by atoms with van der Waals surface area (Å²) in [7, 11) is 1.84. The lowest BCUT2D eigenvalue weighted by molar-refractivity contribution is -0.118. The number of rotatable bonds is 8. The Morgan fingerprint density at radius 3 is 2.80 bits per heavy atom. The lowest BCUT2D eigenvalue weighted by Gasteiger charge is -2.22. The van der Waals surface area contributed by atoms with Crippen molar-refractivity contribution in [3.8, 4) is 6.07 Å². The van der Waals surface area contributed by atoms with E-state index < -0.39 is 6.09 Å². The summed E-state index contributed by atoms with van der Waals surface area (Å²) in [5.74, 6) is 0.268. The highest BCUT2D eigenvalue weighted by Crippen LogP contribution is 2.36. The number of nitriles is 1. The summed E-state index contributed by atoms with van der Waals surface area (Å²) < 4.78 is 7.38. The van der Waals surface area contributed by atoms with Gasteiger partial charge in [0.2, 0.25) is 0 Å². The van der Waals surface area contributed by atoms with Gasteiger partial charge in [0.15, 0.2) is 0 Å². The van der Waals surface area contributed by atoms with Gasteiger partial charge in [0, 0.05) is 54.4 Å². The van der Waals surface area contributed by atoms with Crippen molar-refractivity contribution in [1.82, 2.24) is 15.1 Å². The fourth-order valence-electron chi connectivity index (χ4n) is 4.64. The van der Waals surface area contributed by atoms with Crippen molar-refractivity contribution < 1.29 is 14.3 Å². The van der Waals surface area contributed by atoms with Gasteiger partial charge in [-0.05, 0) is 36.8 Å². The molecule has 1 N–H and O–H groups in total. The quantitative estimate of drug-likeness (QED) is 0.491. The maximum absolute atomic E-state index is 12.8.